The Bertz CT molecular complexity index is 887. The van der Waals surface area contributed by atoms with E-state index in [-0.39, 0.29) is 35.8 Å². The summed E-state index contributed by atoms with van der Waals surface area (Å²) >= 11 is 1.37. The molecule has 2 aromatic heterocycles. The molecule has 9 heteroatoms. The third kappa shape index (κ3) is 2.23. The fraction of sp³-hybridized carbons (Fsp3) is 0.333. The van der Waals surface area contributed by atoms with E-state index in [1.54, 1.807) is 4.90 Å². The van der Waals surface area contributed by atoms with Gasteiger partial charge in [0.1, 0.15) is 5.52 Å². The molecule has 0 unspecified atom stereocenters. The fourth-order valence-electron chi connectivity index (χ4n) is 3.12. The number of nitrogens with zero attached hydrogens (tertiary/aromatic N) is 3. The molecular weight excluding hydrogens is 338 g/mol. The van der Waals surface area contributed by atoms with Crippen molar-refractivity contribution in [3.8, 4) is 0 Å². The van der Waals surface area contributed by atoms with E-state index in [1.165, 1.54) is 11.3 Å². The number of thiazole rings is 1. The summed E-state index contributed by atoms with van der Waals surface area (Å²) in [6, 6.07) is 1.69. The molecule has 1 aliphatic heterocycles. The maximum atomic E-state index is 13.4. The lowest BCUT2D eigenvalue weighted by molar-refractivity contribution is 0.242. The van der Waals surface area contributed by atoms with Crippen LogP contribution >= 0.6 is 11.3 Å². The number of aliphatic hydroxyl groups is 1. The van der Waals surface area contributed by atoms with E-state index in [4.69, 9.17) is 10.2 Å². The first-order valence-corrected chi connectivity index (χ1v) is 8.19. The van der Waals surface area contributed by atoms with E-state index < -0.39 is 11.6 Å². The van der Waals surface area contributed by atoms with E-state index >= 15 is 0 Å². The second kappa shape index (κ2) is 5.38. The minimum atomic E-state index is -0.992. The van der Waals surface area contributed by atoms with Crippen LogP contribution in [0.5, 0.6) is 0 Å². The van der Waals surface area contributed by atoms with Gasteiger partial charge in [-0.1, -0.05) is 11.3 Å². The molecule has 1 aromatic carbocycles. The van der Waals surface area contributed by atoms with Gasteiger partial charge in [0.05, 0.1) is 29.3 Å². The number of nitrogen functional groups attached to an aromatic ring is 1. The van der Waals surface area contributed by atoms with Gasteiger partial charge in [0.15, 0.2) is 22.3 Å². The van der Waals surface area contributed by atoms with Crippen LogP contribution in [0.25, 0.3) is 11.1 Å². The summed E-state index contributed by atoms with van der Waals surface area (Å²) in [5.74, 6) is -1.97. The van der Waals surface area contributed by atoms with Gasteiger partial charge in [-0.3, -0.25) is 0 Å². The predicted molar refractivity (Wildman–Crippen MR) is 85.9 cm³/mol. The van der Waals surface area contributed by atoms with E-state index in [1.807, 2.05) is 6.92 Å². The number of nitrogens with two attached hydrogens (primary N) is 1. The van der Waals surface area contributed by atoms with Gasteiger partial charge in [-0.15, -0.1) is 0 Å². The molecule has 6 nitrogen and oxygen atoms in total. The molecule has 2 atom stereocenters. The number of hydrogen-bond donors (Lipinski definition) is 2. The average Bonchev–Trinajstić information content (AvgIpc) is 3.10. The molecule has 3 heterocycles. The summed E-state index contributed by atoms with van der Waals surface area (Å²) < 4.78 is 32.4. The third-order valence-corrected chi connectivity index (χ3v) is 5.31. The Morgan fingerprint density at radius 2 is 2.12 bits per heavy atom. The number of hydrogen-bond acceptors (Lipinski definition) is 7. The number of aliphatic hydroxyl groups excluding tert-OH is 1. The lowest BCUT2D eigenvalue weighted by Gasteiger charge is -2.37. The van der Waals surface area contributed by atoms with Crippen LogP contribution in [0.15, 0.2) is 16.5 Å². The second-order valence-corrected chi connectivity index (χ2v) is 6.78. The van der Waals surface area contributed by atoms with Crippen LogP contribution in [-0.4, -0.2) is 27.7 Å². The number of anilines is 2. The Labute approximate surface area is 139 Å². The molecule has 3 N–H and O–H groups in total. The van der Waals surface area contributed by atoms with Crippen molar-refractivity contribution in [2.24, 2.45) is 0 Å². The molecule has 0 amide bonds. The number of benzene rings is 1. The lowest BCUT2D eigenvalue weighted by atomic mass is 10.00. The van der Waals surface area contributed by atoms with Gasteiger partial charge in [0.2, 0.25) is 0 Å². The third-order valence-electron chi connectivity index (χ3n) is 4.21. The molecular formula is C15H14F2N4O2S. The molecule has 0 aliphatic carbocycles. The molecule has 3 aromatic rings. The van der Waals surface area contributed by atoms with Crippen molar-refractivity contribution >= 4 is 33.6 Å². The molecule has 0 saturated carbocycles. The SMILES string of the molecule is C[C@H]1c2sc(N)nc2C[C@@H](CO)N1c1nc2cc(F)c(F)cc2o1. The first-order chi connectivity index (χ1) is 11.5. The first kappa shape index (κ1) is 15.3. The van der Waals surface area contributed by atoms with Gasteiger partial charge in [-0.2, -0.15) is 4.98 Å². The largest absolute Gasteiger partial charge is 0.423 e. The summed E-state index contributed by atoms with van der Waals surface area (Å²) in [5, 5.41) is 10.2. The number of fused-ring (bicyclic) bond motifs is 2. The van der Waals surface area contributed by atoms with Gasteiger partial charge in [0.25, 0.3) is 6.01 Å². The van der Waals surface area contributed by atoms with Crippen LogP contribution in [0.1, 0.15) is 23.5 Å². The Hall–Kier alpha value is -2.26. The second-order valence-electron chi connectivity index (χ2n) is 5.72. The van der Waals surface area contributed by atoms with Crippen molar-refractivity contribution in [2.75, 3.05) is 17.2 Å². The van der Waals surface area contributed by atoms with E-state index in [0.717, 1.165) is 22.7 Å². The summed E-state index contributed by atoms with van der Waals surface area (Å²) in [6.07, 6.45) is 0.491. The van der Waals surface area contributed by atoms with Crippen molar-refractivity contribution in [1.82, 2.24) is 9.97 Å². The summed E-state index contributed by atoms with van der Waals surface area (Å²) in [6.45, 7) is 1.79. The molecule has 24 heavy (non-hydrogen) atoms. The molecule has 0 bridgehead atoms. The lowest BCUT2D eigenvalue weighted by Crippen LogP contribution is -2.45. The van der Waals surface area contributed by atoms with Crippen molar-refractivity contribution in [3.63, 3.8) is 0 Å². The maximum Gasteiger partial charge on any atom is 0.299 e. The Balaban J connectivity index is 1.82. The molecule has 1 aliphatic rings. The number of oxazole rings is 1. The molecule has 4 rings (SSSR count). The minimum Gasteiger partial charge on any atom is -0.423 e. The predicted octanol–water partition coefficient (Wildman–Crippen LogP) is 2.63. The first-order valence-electron chi connectivity index (χ1n) is 7.37. The molecule has 0 radical (unpaired) electrons. The van der Waals surface area contributed by atoms with E-state index in [2.05, 4.69) is 9.97 Å². The number of rotatable bonds is 2. The normalized spacial score (nSPS) is 20.6. The van der Waals surface area contributed by atoms with Gasteiger partial charge in [-0.25, -0.2) is 13.8 Å². The van der Waals surface area contributed by atoms with Crippen molar-refractivity contribution in [1.29, 1.82) is 0 Å². The van der Waals surface area contributed by atoms with Gasteiger partial charge in [0, 0.05) is 18.6 Å². The number of aromatic nitrogens is 2. The zero-order valence-electron chi connectivity index (χ0n) is 12.7. The monoisotopic (exact) mass is 352 g/mol. The van der Waals surface area contributed by atoms with Gasteiger partial charge >= 0.3 is 0 Å². The standard InChI is InChI=1S/C15H14F2N4O2S/c1-6-13-11(19-14(18)24-13)2-7(5-22)21(6)15-20-10-3-8(16)9(17)4-12(10)23-15/h3-4,6-7,22H,2,5H2,1H3,(H2,18,19)/t6-,7-/m0/s1. The molecule has 0 fully saturated rings. The quantitative estimate of drug-likeness (QED) is 0.737. The Morgan fingerprint density at radius 1 is 1.38 bits per heavy atom. The highest BCUT2D eigenvalue weighted by atomic mass is 32.1. The Morgan fingerprint density at radius 3 is 2.88 bits per heavy atom. The van der Waals surface area contributed by atoms with Crippen LogP contribution in [0.2, 0.25) is 0 Å². The summed E-state index contributed by atoms with van der Waals surface area (Å²) in [5.41, 5.74) is 7.02. The average molecular weight is 352 g/mol. The number of halogens is 2. The molecule has 0 spiro atoms. The smallest absolute Gasteiger partial charge is 0.299 e. The van der Waals surface area contributed by atoms with Crippen LogP contribution in [0.3, 0.4) is 0 Å². The fourth-order valence-corrected chi connectivity index (χ4v) is 4.03. The van der Waals surface area contributed by atoms with Crippen LogP contribution in [0.4, 0.5) is 19.9 Å². The molecule has 0 saturated heterocycles. The highest BCUT2D eigenvalue weighted by Crippen LogP contribution is 2.40. The Kier molecular flexibility index (Phi) is 3.43. The van der Waals surface area contributed by atoms with E-state index in [0.29, 0.717) is 11.6 Å². The van der Waals surface area contributed by atoms with Crippen molar-refractivity contribution in [3.05, 3.63) is 34.3 Å². The van der Waals surface area contributed by atoms with Crippen molar-refractivity contribution < 1.29 is 18.3 Å². The van der Waals surface area contributed by atoms with Crippen LogP contribution in [-0.2, 0) is 6.42 Å². The summed E-state index contributed by atoms with van der Waals surface area (Å²) in [4.78, 5) is 11.3. The van der Waals surface area contributed by atoms with Crippen LogP contribution < -0.4 is 10.6 Å². The zero-order valence-corrected chi connectivity index (χ0v) is 13.5. The van der Waals surface area contributed by atoms with Crippen LogP contribution in [0, 0.1) is 11.6 Å². The van der Waals surface area contributed by atoms with Gasteiger partial charge < -0.3 is 20.2 Å². The van der Waals surface area contributed by atoms with E-state index in [9.17, 15) is 13.9 Å². The van der Waals surface area contributed by atoms with Crippen molar-refractivity contribution in [2.45, 2.75) is 25.4 Å². The minimum absolute atomic E-state index is 0.136. The molecule has 126 valence electrons. The maximum absolute atomic E-state index is 13.4. The highest BCUT2D eigenvalue weighted by molar-refractivity contribution is 7.15. The topological polar surface area (TPSA) is 88.4 Å². The zero-order chi connectivity index (χ0) is 17.0. The van der Waals surface area contributed by atoms with Gasteiger partial charge in [-0.05, 0) is 6.92 Å². The summed E-state index contributed by atoms with van der Waals surface area (Å²) in [7, 11) is 0. The highest BCUT2D eigenvalue weighted by Gasteiger charge is 2.37.